The van der Waals surface area contributed by atoms with Crippen molar-refractivity contribution in [3.05, 3.63) is 64.6 Å². The highest BCUT2D eigenvalue weighted by atomic mass is 35.5. The number of aliphatic imine (C=N–C) groups is 1. The van der Waals surface area contributed by atoms with E-state index in [1.54, 1.807) is 24.5 Å². The number of nitrogens with one attached hydrogen (secondary N) is 1. The zero-order chi connectivity index (χ0) is 20.6. The third-order valence-electron chi connectivity index (χ3n) is 4.78. The minimum absolute atomic E-state index is 0.115. The number of aryl methyl sites for hydroxylation is 1. The molecule has 148 valence electrons. The van der Waals surface area contributed by atoms with E-state index in [1.807, 2.05) is 37.5 Å². The molecule has 1 aliphatic heterocycles. The second kappa shape index (κ2) is 7.36. The van der Waals surface area contributed by atoms with Gasteiger partial charge in [-0.1, -0.05) is 23.7 Å². The Balaban J connectivity index is 1.99. The van der Waals surface area contributed by atoms with Gasteiger partial charge in [0, 0.05) is 29.5 Å². The summed E-state index contributed by atoms with van der Waals surface area (Å²) in [4.78, 5) is 26.6. The third kappa shape index (κ3) is 3.40. The lowest BCUT2D eigenvalue weighted by Crippen LogP contribution is -2.34. The Labute approximate surface area is 173 Å². The van der Waals surface area contributed by atoms with Crippen LogP contribution in [0, 0.1) is 6.92 Å². The molecular formula is C20H20ClN7O. The molecular weight excluding hydrogens is 390 g/mol. The molecule has 1 unspecified atom stereocenters. The molecule has 29 heavy (non-hydrogen) atoms. The van der Waals surface area contributed by atoms with E-state index in [0.717, 1.165) is 5.56 Å². The van der Waals surface area contributed by atoms with E-state index >= 15 is 0 Å². The van der Waals surface area contributed by atoms with Gasteiger partial charge in [-0.2, -0.15) is 0 Å². The molecule has 0 spiro atoms. The number of benzene rings is 1. The molecule has 0 aliphatic carbocycles. The van der Waals surface area contributed by atoms with Crippen LogP contribution in [-0.4, -0.2) is 42.9 Å². The van der Waals surface area contributed by atoms with Crippen molar-refractivity contribution >= 4 is 23.2 Å². The number of hydrogen-bond acceptors (Lipinski definition) is 6. The van der Waals surface area contributed by atoms with Crippen molar-refractivity contribution in [1.29, 1.82) is 0 Å². The van der Waals surface area contributed by atoms with Gasteiger partial charge < -0.3 is 5.32 Å². The summed E-state index contributed by atoms with van der Waals surface area (Å²) in [6.07, 6.45) is 3.36. The van der Waals surface area contributed by atoms with Crippen LogP contribution in [0.15, 0.2) is 41.7 Å². The van der Waals surface area contributed by atoms with Crippen molar-refractivity contribution in [2.45, 2.75) is 32.7 Å². The van der Waals surface area contributed by atoms with Gasteiger partial charge in [0.15, 0.2) is 11.6 Å². The lowest BCUT2D eigenvalue weighted by Gasteiger charge is -2.23. The SMILES string of the molecule is CCNC(=O)CC1(C)N=C(c2ccc(Cl)cc2)c2nccnc2-n2c(C)nnc21. The van der Waals surface area contributed by atoms with Crippen LogP contribution in [0.1, 0.15) is 43.2 Å². The molecule has 3 heterocycles. The van der Waals surface area contributed by atoms with Crippen LogP contribution < -0.4 is 5.32 Å². The highest BCUT2D eigenvalue weighted by Crippen LogP contribution is 2.35. The first-order valence-electron chi connectivity index (χ1n) is 9.29. The molecule has 1 amide bonds. The van der Waals surface area contributed by atoms with Gasteiger partial charge >= 0.3 is 0 Å². The van der Waals surface area contributed by atoms with E-state index in [0.29, 0.717) is 40.4 Å². The van der Waals surface area contributed by atoms with Crippen molar-refractivity contribution in [2.75, 3.05) is 6.54 Å². The molecule has 0 saturated heterocycles. The van der Waals surface area contributed by atoms with Crippen molar-refractivity contribution in [3.63, 3.8) is 0 Å². The molecule has 1 N–H and O–H groups in total. The predicted molar refractivity (Wildman–Crippen MR) is 109 cm³/mol. The van der Waals surface area contributed by atoms with Crippen molar-refractivity contribution in [2.24, 2.45) is 4.99 Å². The summed E-state index contributed by atoms with van der Waals surface area (Å²) < 4.78 is 1.83. The molecule has 0 saturated carbocycles. The lowest BCUT2D eigenvalue weighted by atomic mass is 9.96. The molecule has 3 aromatic rings. The van der Waals surface area contributed by atoms with Crippen LogP contribution in [0.5, 0.6) is 0 Å². The molecule has 0 bridgehead atoms. The van der Waals surface area contributed by atoms with E-state index in [4.69, 9.17) is 16.6 Å². The number of carbonyl (C=O) groups excluding carboxylic acids is 1. The van der Waals surface area contributed by atoms with Gasteiger partial charge in [-0.3, -0.25) is 14.4 Å². The lowest BCUT2D eigenvalue weighted by molar-refractivity contribution is -0.122. The van der Waals surface area contributed by atoms with Crippen LogP contribution in [0.4, 0.5) is 0 Å². The molecule has 2 aromatic heterocycles. The number of aromatic nitrogens is 5. The molecule has 1 atom stereocenters. The number of nitrogens with zero attached hydrogens (tertiary/aromatic N) is 6. The van der Waals surface area contributed by atoms with E-state index in [2.05, 4.69) is 25.5 Å². The highest BCUT2D eigenvalue weighted by molar-refractivity contribution is 6.30. The Morgan fingerprint density at radius 2 is 1.90 bits per heavy atom. The fourth-order valence-corrected chi connectivity index (χ4v) is 3.60. The maximum atomic E-state index is 12.5. The Morgan fingerprint density at radius 1 is 1.17 bits per heavy atom. The number of carbonyl (C=O) groups is 1. The second-order valence-electron chi connectivity index (χ2n) is 7.01. The van der Waals surface area contributed by atoms with Crippen molar-refractivity contribution in [3.8, 4) is 5.82 Å². The van der Waals surface area contributed by atoms with Gasteiger partial charge in [-0.15, -0.1) is 10.2 Å². The molecule has 0 radical (unpaired) electrons. The summed E-state index contributed by atoms with van der Waals surface area (Å²) in [5, 5.41) is 12.1. The summed E-state index contributed by atoms with van der Waals surface area (Å²) in [5.74, 6) is 1.66. The fourth-order valence-electron chi connectivity index (χ4n) is 3.48. The first-order valence-corrected chi connectivity index (χ1v) is 9.67. The fraction of sp³-hybridized carbons (Fsp3) is 0.300. The summed E-state index contributed by atoms with van der Waals surface area (Å²) in [7, 11) is 0. The number of rotatable bonds is 4. The Bertz CT molecular complexity index is 1110. The highest BCUT2D eigenvalue weighted by Gasteiger charge is 2.40. The van der Waals surface area contributed by atoms with Crippen LogP contribution >= 0.6 is 11.6 Å². The second-order valence-corrected chi connectivity index (χ2v) is 7.44. The average molecular weight is 410 g/mol. The van der Waals surface area contributed by atoms with Crippen molar-refractivity contribution < 1.29 is 4.79 Å². The Morgan fingerprint density at radius 3 is 2.62 bits per heavy atom. The van der Waals surface area contributed by atoms with Crippen LogP contribution in [0.25, 0.3) is 5.82 Å². The largest absolute Gasteiger partial charge is 0.356 e. The van der Waals surface area contributed by atoms with Crippen LogP contribution in [0.3, 0.4) is 0 Å². The third-order valence-corrected chi connectivity index (χ3v) is 5.03. The first-order chi connectivity index (χ1) is 13.9. The first kappa shape index (κ1) is 19.2. The topological polar surface area (TPSA) is 98.0 Å². The number of halogens is 1. The summed E-state index contributed by atoms with van der Waals surface area (Å²) in [5.41, 5.74) is 1.09. The number of hydrogen-bond donors (Lipinski definition) is 1. The maximum absolute atomic E-state index is 12.5. The van der Waals surface area contributed by atoms with E-state index < -0.39 is 5.54 Å². The monoisotopic (exact) mass is 409 g/mol. The quantitative estimate of drug-likeness (QED) is 0.714. The summed E-state index contributed by atoms with van der Waals surface area (Å²) in [6.45, 7) is 6.14. The smallest absolute Gasteiger partial charge is 0.222 e. The van der Waals surface area contributed by atoms with E-state index in [1.165, 1.54) is 0 Å². The minimum Gasteiger partial charge on any atom is -0.356 e. The zero-order valence-corrected chi connectivity index (χ0v) is 17.1. The van der Waals surface area contributed by atoms with E-state index in [-0.39, 0.29) is 12.3 Å². The molecule has 1 aliphatic rings. The number of fused-ring (bicyclic) bond motifs is 3. The van der Waals surface area contributed by atoms with Crippen molar-refractivity contribution in [1.82, 2.24) is 30.0 Å². The molecule has 1 aromatic carbocycles. The number of amides is 1. The van der Waals surface area contributed by atoms with E-state index in [9.17, 15) is 4.79 Å². The van der Waals surface area contributed by atoms with Gasteiger partial charge in [-0.25, -0.2) is 9.97 Å². The normalized spacial score (nSPS) is 17.7. The van der Waals surface area contributed by atoms with Gasteiger partial charge in [-0.05, 0) is 32.9 Å². The Kier molecular flexibility index (Phi) is 4.87. The van der Waals surface area contributed by atoms with Gasteiger partial charge in [0.05, 0.1) is 12.1 Å². The van der Waals surface area contributed by atoms with Crippen LogP contribution in [0.2, 0.25) is 5.02 Å². The zero-order valence-electron chi connectivity index (χ0n) is 16.3. The standard InChI is InChI=1S/C20H20ClN7O/c1-4-22-15(29)11-20(3)19-27-26-12(2)28(19)18-17(23-9-10-24-18)16(25-20)13-5-7-14(21)8-6-13/h5-10H,4,11H2,1-3H3,(H,22,29). The van der Waals surface area contributed by atoms with Gasteiger partial charge in [0.2, 0.25) is 5.91 Å². The molecule has 8 nitrogen and oxygen atoms in total. The van der Waals surface area contributed by atoms with Gasteiger partial charge in [0.25, 0.3) is 0 Å². The van der Waals surface area contributed by atoms with Gasteiger partial charge in [0.1, 0.15) is 17.1 Å². The molecule has 9 heteroatoms. The van der Waals surface area contributed by atoms with Crippen LogP contribution in [-0.2, 0) is 10.3 Å². The summed E-state index contributed by atoms with van der Waals surface area (Å²) >= 11 is 6.08. The molecule has 0 fully saturated rings. The maximum Gasteiger partial charge on any atom is 0.222 e. The predicted octanol–water partition coefficient (Wildman–Crippen LogP) is 2.61. The summed E-state index contributed by atoms with van der Waals surface area (Å²) in [6, 6.07) is 7.36. The minimum atomic E-state index is -0.960. The average Bonchev–Trinajstić information content (AvgIpc) is 3.04. The molecule has 4 rings (SSSR count). The Hall–Kier alpha value is -3.13.